The number of ether oxygens (including phenoxy) is 2. The van der Waals surface area contributed by atoms with Gasteiger partial charge in [0.05, 0.1) is 13.2 Å². The van der Waals surface area contributed by atoms with Crippen LogP contribution < -0.4 is 0 Å². The second-order valence-corrected chi connectivity index (χ2v) is 3.09. The lowest BCUT2D eigenvalue weighted by molar-refractivity contribution is -0.138. The molecule has 84 valence electrons. The van der Waals surface area contributed by atoms with Crippen molar-refractivity contribution in [2.45, 2.75) is 6.42 Å². The van der Waals surface area contributed by atoms with Crippen LogP contribution in [0.3, 0.4) is 0 Å². The van der Waals surface area contributed by atoms with Gasteiger partial charge in [-0.2, -0.15) is 0 Å². The first-order valence-electron chi connectivity index (χ1n) is 4.64. The number of hydrogen-bond acceptors (Lipinski definition) is 4. The van der Waals surface area contributed by atoms with Gasteiger partial charge in [0.25, 0.3) is 0 Å². The van der Waals surface area contributed by atoms with Crippen LogP contribution in [0.1, 0.15) is 6.42 Å². The molecule has 5 nitrogen and oxygen atoms in total. The van der Waals surface area contributed by atoms with Gasteiger partial charge in [-0.25, -0.2) is 0 Å². The fraction of sp³-hybridized carbons (Fsp3) is 0.889. The van der Waals surface area contributed by atoms with Crippen LogP contribution in [0.15, 0.2) is 0 Å². The van der Waals surface area contributed by atoms with E-state index < -0.39 is 5.97 Å². The van der Waals surface area contributed by atoms with Crippen molar-refractivity contribution in [3.05, 3.63) is 0 Å². The molecule has 0 aromatic heterocycles. The lowest BCUT2D eigenvalue weighted by Gasteiger charge is -2.13. The summed E-state index contributed by atoms with van der Waals surface area (Å²) in [6.07, 6.45) is 0.874. The number of carbonyl (C=O) groups is 1. The minimum atomic E-state index is -0.813. The zero-order valence-electron chi connectivity index (χ0n) is 8.86. The molecule has 5 heteroatoms. The van der Waals surface area contributed by atoms with Crippen LogP contribution in [0.4, 0.5) is 0 Å². The number of likely N-dealkylation sites (N-methyl/N-ethyl adjacent to an activating group) is 1. The highest BCUT2D eigenvalue weighted by Crippen LogP contribution is 1.86. The molecular weight excluding hydrogens is 186 g/mol. The molecule has 0 bridgehead atoms. The van der Waals surface area contributed by atoms with Crippen LogP contribution in [0.25, 0.3) is 0 Å². The zero-order chi connectivity index (χ0) is 10.8. The molecular formula is C9H19NO4. The molecule has 14 heavy (non-hydrogen) atoms. The number of nitrogens with zero attached hydrogens (tertiary/aromatic N) is 1. The smallest absolute Gasteiger partial charge is 0.317 e. The number of carboxylic acid groups (broad SMARTS) is 1. The molecule has 0 aromatic rings. The summed E-state index contributed by atoms with van der Waals surface area (Å²) >= 11 is 0. The Labute approximate surface area is 84.6 Å². The molecule has 1 N–H and O–H groups in total. The average molecular weight is 205 g/mol. The van der Waals surface area contributed by atoms with Gasteiger partial charge in [0.1, 0.15) is 0 Å². The maximum absolute atomic E-state index is 10.3. The molecule has 0 aromatic carbocycles. The van der Waals surface area contributed by atoms with Crippen LogP contribution in [0, 0.1) is 0 Å². The number of hydrogen-bond donors (Lipinski definition) is 1. The summed E-state index contributed by atoms with van der Waals surface area (Å²) in [7, 11) is 3.41. The molecule has 0 saturated carbocycles. The standard InChI is InChI=1S/C9H19NO4/c1-10(8-9(11)12)4-7-14-6-3-5-13-2/h3-8H2,1-2H3,(H,11,12). The highest BCUT2D eigenvalue weighted by atomic mass is 16.5. The minimum absolute atomic E-state index is 0.0570. The fourth-order valence-electron chi connectivity index (χ4n) is 0.938. The van der Waals surface area contributed by atoms with Gasteiger partial charge >= 0.3 is 5.97 Å². The Morgan fingerprint density at radius 2 is 2.07 bits per heavy atom. The van der Waals surface area contributed by atoms with E-state index in [1.54, 1.807) is 19.1 Å². The predicted octanol–water partition coefficient (Wildman–Crippen LogP) is 0.0559. The lowest BCUT2D eigenvalue weighted by Crippen LogP contribution is -2.29. The summed E-state index contributed by atoms with van der Waals surface area (Å²) in [4.78, 5) is 12.0. The zero-order valence-corrected chi connectivity index (χ0v) is 8.86. The van der Waals surface area contributed by atoms with Gasteiger partial charge in [0.15, 0.2) is 0 Å². The van der Waals surface area contributed by atoms with Gasteiger partial charge in [0.2, 0.25) is 0 Å². The largest absolute Gasteiger partial charge is 0.480 e. The van der Waals surface area contributed by atoms with Crippen LogP contribution in [-0.4, -0.2) is 63.0 Å². The van der Waals surface area contributed by atoms with Crippen molar-refractivity contribution < 1.29 is 19.4 Å². The molecule has 0 aliphatic rings. The molecule has 0 spiro atoms. The Balaban J connectivity index is 3.14. The number of carboxylic acids is 1. The van der Waals surface area contributed by atoms with E-state index in [1.165, 1.54) is 0 Å². The number of rotatable bonds is 9. The van der Waals surface area contributed by atoms with E-state index in [1.807, 2.05) is 0 Å². The Bertz CT molecular complexity index is 152. The summed E-state index contributed by atoms with van der Waals surface area (Å²) in [5.41, 5.74) is 0. The minimum Gasteiger partial charge on any atom is -0.480 e. The second-order valence-electron chi connectivity index (χ2n) is 3.09. The van der Waals surface area contributed by atoms with Gasteiger partial charge in [-0.3, -0.25) is 9.69 Å². The summed E-state index contributed by atoms with van der Waals surface area (Å²) in [5.74, 6) is -0.813. The van der Waals surface area contributed by atoms with Gasteiger partial charge in [0, 0.05) is 26.9 Å². The molecule has 0 amide bonds. The Morgan fingerprint density at radius 1 is 1.36 bits per heavy atom. The Morgan fingerprint density at radius 3 is 2.64 bits per heavy atom. The third-order valence-corrected chi connectivity index (χ3v) is 1.66. The molecule has 0 atom stereocenters. The number of aliphatic carboxylic acids is 1. The Hall–Kier alpha value is -0.650. The van der Waals surface area contributed by atoms with Crippen molar-refractivity contribution in [3.8, 4) is 0 Å². The molecule has 0 saturated heterocycles. The van der Waals surface area contributed by atoms with Crippen molar-refractivity contribution in [1.29, 1.82) is 0 Å². The van der Waals surface area contributed by atoms with Crippen LogP contribution in [0.5, 0.6) is 0 Å². The molecule has 0 heterocycles. The second kappa shape index (κ2) is 8.93. The van der Waals surface area contributed by atoms with Crippen molar-refractivity contribution >= 4 is 5.97 Å². The first-order valence-corrected chi connectivity index (χ1v) is 4.64. The predicted molar refractivity (Wildman–Crippen MR) is 52.4 cm³/mol. The lowest BCUT2D eigenvalue weighted by atomic mass is 10.5. The van der Waals surface area contributed by atoms with Crippen molar-refractivity contribution in [2.75, 3.05) is 47.1 Å². The molecule has 0 fully saturated rings. The van der Waals surface area contributed by atoms with E-state index in [-0.39, 0.29) is 6.54 Å². The monoisotopic (exact) mass is 205 g/mol. The van der Waals surface area contributed by atoms with E-state index in [0.29, 0.717) is 26.4 Å². The maximum Gasteiger partial charge on any atom is 0.317 e. The van der Waals surface area contributed by atoms with Gasteiger partial charge < -0.3 is 14.6 Å². The quantitative estimate of drug-likeness (QED) is 0.539. The number of methoxy groups -OCH3 is 1. The molecule has 0 unspecified atom stereocenters. The van der Waals surface area contributed by atoms with Crippen molar-refractivity contribution in [2.24, 2.45) is 0 Å². The average Bonchev–Trinajstić information content (AvgIpc) is 2.10. The highest BCUT2D eigenvalue weighted by Gasteiger charge is 2.02. The SMILES string of the molecule is COCCCOCCN(C)CC(=O)O. The summed E-state index contributed by atoms with van der Waals surface area (Å²) in [6, 6.07) is 0. The molecule has 0 radical (unpaired) electrons. The third kappa shape index (κ3) is 9.44. The van der Waals surface area contributed by atoms with Crippen LogP contribution >= 0.6 is 0 Å². The van der Waals surface area contributed by atoms with Gasteiger partial charge in [-0.1, -0.05) is 0 Å². The van der Waals surface area contributed by atoms with E-state index in [2.05, 4.69) is 0 Å². The summed E-state index contributed by atoms with van der Waals surface area (Å²) in [5, 5.41) is 8.46. The Kier molecular flexibility index (Phi) is 8.51. The van der Waals surface area contributed by atoms with Crippen molar-refractivity contribution in [1.82, 2.24) is 4.90 Å². The summed E-state index contributed by atoms with van der Waals surface area (Å²) in [6.45, 7) is 2.62. The van der Waals surface area contributed by atoms with E-state index in [9.17, 15) is 4.79 Å². The molecule has 0 rings (SSSR count). The highest BCUT2D eigenvalue weighted by molar-refractivity contribution is 5.68. The van der Waals surface area contributed by atoms with E-state index >= 15 is 0 Å². The first kappa shape index (κ1) is 13.4. The fourth-order valence-corrected chi connectivity index (χ4v) is 0.938. The molecule has 0 aliphatic heterocycles. The third-order valence-electron chi connectivity index (χ3n) is 1.66. The van der Waals surface area contributed by atoms with E-state index in [4.69, 9.17) is 14.6 Å². The topological polar surface area (TPSA) is 59.0 Å². The molecule has 0 aliphatic carbocycles. The van der Waals surface area contributed by atoms with Crippen LogP contribution in [-0.2, 0) is 14.3 Å². The van der Waals surface area contributed by atoms with Gasteiger partial charge in [-0.05, 0) is 13.5 Å². The first-order chi connectivity index (χ1) is 6.66. The van der Waals surface area contributed by atoms with E-state index in [0.717, 1.165) is 6.42 Å². The normalized spacial score (nSPS) is 10.8. The van der Waals surface area contributed by atoms with Crippen molar-refractivity contribution in [3.63, 3.8) is 0 Å². The summed E-state index contributed by atoms with van der Waals surface area (Å²) < 4.78 is 10.1. The van der Waals surface area contributed by atoms with Gasteiger partial charge in [-0.15, -0.1) is 0 Å². The van der Waals surface area contributed by atoms with Crippen LogP contribution in [0.2, 0.25) is 0 Å². The maximum atomic E-state index is 10.3.